The largest absolute Gasteiger partial charge is 0.462 e. The number of rotatable bonds is 10. The summed E-state index contributed by atoms with van der Waals surface area (Å²) < 4.78 is 27.0. The molecule has 0 radical (unpaired) electrons. The summed E-state index contributed by atoms with van der Waals surface area (Å²) in [6.07, 6.45) is -0.0271. The molecule has 1 heterocycles. The van der Waals surface area contributed by atoms with Crippen molar-refractivity contribution in [3.05, 3.63) is 103 Å². The minimum absolute atomic E-state index is 0.0271. The molecule has 0 bridgehead atoms. The Labute approximate surface area is 245 Å². The molecule has 0 aliphatic carbocycles. The molecular weight excluding hydrogens is 567 g/mol. The van der Waals surface area contributed by atoms with E-state index in [0.717, 1.165) is 16.3 Å². The number of amides is 1. The van der Waals surface area contributed by atoms with Crippen LogP contribution < -0.4 is 21.5 Å². The number of nitrogens with zero attached hydrogens (tertiary/aromatic N) is 3. The van der Waals surface area contributed by atoms with Crippen molar-refractivity contribution in [2.45, 2.75) is 12.5 Å². The third-order valence-electron chi connectivity index (χ3n) is 6.72. The van der Waals surface area contributed by atoms with E-state index in [9.17, 15) is 23.6 Å². The number of halogens is 2. The molecule has 42 heavy (non-hydrogen) atoms. The number of aryl methyl sites for hydroxylation is 1. The number of ether oxygens (including phenoxy) is 2. The first-order valence-corrected chi connectivity index (χ1v) is 13.3. The summed E-state index contributed by atoms with van der Waals surface area (Å²) in [7, 11) is 6.75. The van der Waals surface area contributed by atoms with Crippen molar-refractivity contribution >= 4 is 40.1 Å². The molecule has 1 N–H and O–H groups in total. The molecule has 220 valence electrons. The summed E-state index contributed by atoms with van der Waals surface area (Å²) in [6, 6.07) is 14.3. The quantitative estimate of drug-likeness (QED) is 0.221. The van der Waals surface area contributed by atoms with Crippen LogP contribution in [-0.2, 0) is 27.7 Å². The normalized spacial score (nSPS) is 11.8. The number of nitrogens with one attached hydrogen (secondary N) is 1. The number of aromatic nitrogens is 2. The molecule has 3 aromatic carbocycles. The van der Waals surface area contributed by atoms with Crippen molar-refractivity contribution in [1.82, 2.24) is 14.5 Å². The average molecular weight is 597 g/mol. The molecule has 1 aromatic heterocycles. The Hall–Kier alpha value is -4.48. The van der Waals surface area contributed by atoms with E-state index in [4.69, 9.17) is 21.1 Å². The zero-order valence-electron chi connectivity index (χ0n) is 23.5. The number of benzene rings is 3. The Morgan fingerprint density at radius 2 is 1.76 bits per heavy atom. The molecule has 0 unspecified atom stereocenters. The summed E-state index contributed by atoms with van der Waals surface area (Å²) in [5, 5.41) is 2.77. The standard InChI is InChI=1S/C30H30ClFN4O6/c1-34(2)20-12-13-25-21(17-20)28(38)36(30(40)35(25)3)19-10-8-18(9-11-19)16-24(29(39)42-15-14-41-4)33-27(37)26-22(31)6-5-7-23(26)32/h5-13,17,24H,14-16H2,1-4H3,(H,33,37)/t24-/m0/s1. The third-order valence-corrected chi connectivity index (χ3v) is 7.03. The summed E-state index contributed by atoms with van der Waals surface area (Å²) in [5.41, 5.74) is 0.819. The number of esters is 1. The van der Waals surface area contributed by atoms with Gasteiger partial charge in [0.05, 0.1) is 33.8 Å². The molecule has 10 nitrogen and oxygen atoms in total. The second-order valence-electron chi connectivity index (χ2n) is 9.73. The molecule has 0 fully saturated rings. The summed E-state index contributed by atoms with van der Waals surface area (Å²) in [5.74, 6) is -2.48. The highest BCUT2D eigenvalue weighted by Gasteiger charge is 2.26. The Morgan fingerprint density at radius 1 is 1.05 bits per heavy atom. The Kier molecular flexibility index (Phi) is 9.44. The predicted octanol–water partition coefficient (Wildman–Crippen LogP) is 3.08. The van der Waals surface area contributed by atoms with Crippen molar-refractivity contribution in [3.8, 4) is 5.69 Å². The first-order valence-electron chi connectivity index (χ1n) is 13.0. The van der Waals surface area contributed by atoms with Crippen LogP contribution in [0.4, 0.5) is 10.1 Å². The Bertz CT molecular complexity index is 1730. The lowest BCUT2D eigenvalue weighted by atomic mass is 10.0. The Balaban J connectivity index is 1.65. The van der Waals surface area contributed by atoms with Gasteiger partial charge in [-0.15, -0.1) is 0 Å². The maximum absolute atomic E-state index is 14.4. The number of carbonyl (C=O) groups excluding carboxylic acids is 2. The number of carbonyl (C=O) groups is 2. The van der Waals surface area contributed by atoms with Crippen LogP contribution in [0, 0.1) is 5.82 Å². The van der Waals surface area contributed by atoms with Crippen LogP contribution in [0.15, 0.2) is 70.3 Å². The van der Waals surface area contributed by atoms with Crippen molar-refractivity contribution < 1.29 is 23.5 Å². The topological polar surface area (TPSA) is 112 Å². The fraction of sp³-hybridized carbons (Fsp3) is 0.267. The van der Waals surface area contributed by atoms with Crippen LogP contribution in [0.1, 0.15) is 15.9 Å². The molecule has 0 aliphatic rings. The summed E-state index contributed by atoms with van der Waals surface area (Å²) in [6.45, 7) is 0.0938. The number of hydrogen-bond donors (Lipinski definition) is 1. The van der Waals surface area contributed by atoms with Crippen molar-refractivity contribution in [3.63, 3.8) is 0 Å². The molecule has 4 rings (SSSR count). The van der Waals surface area contributed by atoms with Gasteiger partial charge in [-0.25, -0.2) is 18.5 Å². The maximum Gasteiger partial charge on any atom is 0.335 e. The molecule has 0 aliphatic heterocycles. The van der Waals surface area contributed by atoms with Gasteiger partial charge in [-0.05, 0) is 48.0 Å². The van der Waals surface area contributed by atoms with Gasteiger partial charge in [0, 0.05) is 40.4 Å². The maximum atomic E-state index is 14.4. The monoisotopic (exact) mass is 596 g/mol. The number of fused-ring (bicyclic) bond motifs is 1. The number of methoxy groups -OCH3 is 1. The highest BCUT2D eigenvalue weighted by molar-refractivity contribution is 6.33. The van der Waals surface area contributed by atoms with E-state index in [0.29, 0.717) is 22.2 Å². The van der Waals surface area contributed by atoms with Crippen LogP contribution in [0.5, 0.6) is 0 Å². The van der Waals surface area contributed by atoms with Gasteiger partial charge in [0.25, 0.3) is 11.5 Å². The van der Waals surface area contributed by atoms with Crippen molar-refractivity contribution in [2.75, 3.05) is 39.3 Å². The van der Waals surface area contributed by atoms with Crippen LogP contribution in [0.3, 0.4) is 0 Å². The minimum Gasteiger partial charge on any atom is -0.462 e. The molecule has 12 heteroatoms. The molecule has 0 spiro atoms. The molecule has 0 saturated carbocycles. The van der Waals surface area contributed by atoms with E-state index in [-0.39, 0.29) is 24.7 Å². The summed E-state index contributed by atoms with van der Waals surface area (Å²) in [4.78, 5) is 54.2. The van der Waals surface area contributed by atoms with Gasteiger partial charge < -0.3 is 19.7 Å². The molecule has 0 saturated heterocycles. The van der Waals surface area contributed by atoms with Gasteiger partial charge in [-0.3, -0.25) is 14.2 Å². The van der Waals surface area contributed by atoms with E-state index in [1.807, 2.05) is 25.1 Å². The summed E-state index contributed by atoms with van der Waals surface area (Å²) >= 11 is 6.03. The van der Waals surface area contributed by atoms with E-state index < -0.39 is 40.5 Å². The predicted molar refractivity (Wildman–Crippen MR) is 158 cm³/mol. The lowest BCUT2D eigenvalue weighted by molar-refractivity contribution is -0.147. The minimum atomic E-state index is -1.20. The molecule has 4 aromatic rings. The number of hydrogen-bond acceptors (Lipinski definition) is 7. The molecule has 1 atom stereocenters. The molecule has 1 amide bonds. The van der Waals surface area contributed by atoms with Crippen molar-refractivity contribution in [2.24, 2.45) is 7.05 Å². The van der Waals surface area contributed by atoms with E-state index >= 15 is 0 Å². The van der Waals surface area contributed by atoms with E-state index in [1.54, 1.807) is 43.4 Å². The van der Waals surface area contributed by atoms with Gasteiger partial charge in [-0.2, -0.15) is 0 Å². The van der Waals surface area contributed by atoms with Gasteiger partial charge in [0.1, 0.15) is 18.5 Å². The smallest absolute Gasteiger partial charge is 0.335 e. The fourth-order valence-corrected chi connectivity index (χ4v) is 4.68. The zero-order chi connectivity index (χ0) is 30.6. The van der Waals surface area contributed by atoms with Gasteiger partial charge in [0.15, 0.2) is 0 Å². The van der Waals surface area contributed by atoms with Crippen LogP contribution in [0.25, 0.3) is 16.6 Å². The highest BCUT2D eigenvalue weighted by atomic mass is 35.5. The third kappa shape index (κ3) is 6.37. The van der Waals surface area contributed by atoms with Crippen LogP contribution >= 0.6 is 11.6 Å². The lowest BCUT2D eigenvalue weighted by Crippen LogP contribution is -2.44. The van der Waals surface area contributed by atoms with Crippen molar-refractivity contribution in [1.29, 1.82) is 0 Å². The lowest BCUT2D eigenvalue weighted by Gasteiger charge is -2.19. The highest BCUT2D eigenvalue weighted by Crippen LogP contribution is 2.20. The average Bonchev–Trinajstić information content (AvgIpc) is 2.96. The first-order chi connectivity index (χ1) is 20.0. The molecular formula is C30H30ClFN4O6. The van der Waals surface area contributed by atoms with Crippen LogP contribution in [-0.4, -0.2) is 61.5 Å². The van der Waals surface area contributed by atoms with Gasteiger partial charge >= 0.3 is 11.7 Å². The van der Waals surface area contributed by atoms with E-state index in [2.05, 4.69) is 5.32 Å². The Morgan fingerprint density at radius 3 is 2.40 bits per heavy atom. The fourth-order valence-electron chi connectivity index (χ4n) is 4.44. The van der Waals surface area contributed by atoms with Gasteiger partial charge in [0.2, 0.25) is 0 Å². The van der Waals surface area contributed by atoms with Crippen LogP contribution in [0.2, 0.25) is 5.02 Å². The van der Waals surface area contributed by atoms with E-state index in [1.165, 1.54) is 23.8 Å². The SMILES string of the molecule is COCCOC(=O)[C@H](Cc1ccc(-n2c(=O)c3cc(N(C)C)ccc3n(C)c2=O)cc1)NC(=O)c1c(F)cccc1Cl. The first kappa shape index (κ1) is 30.5. The second-order valence-corrected chi connectivity index (χ2v) is 10.1. The second kappa shape index (κ2) is 13.0. The zero-order valence-corrected chi connectivity index (χ0v) is 24.3. The number of anilines is 1. The van der Waals surface area contributed by atoms with Gasteiger partial charge in [-0.1, -0.05) is 29.8 Å².